The SMILES string of the molecule is CCNC(=O)CNC(=O)/C=C/c1ccc(OCc2cccnc2)cc1. The van der Waals surface area contributed by atoms with Gasteiger partial charge in [-0.25, -0.2) is 0 Å². The van der Waals surface area contributed by atoms with Gasteiger partial charge in [0, 0.05) is 30.6 Å². The first kappa shape index (κ1) is 18.2. The lowest BCUT2D eigenvalue weighted by Gasteiger charge is -2.06. The molecule has 0 saturated carbocycles. The van der Waals surface area contributed by atoms with E-state index in [0.717, 1.165) is 16.9 Å². The Kier molecular flexibility index (Phi) is 7.18. The average molecular weight is 339 g/mol. The molecule has 25 heavy (non-hydrogen) atoms. The molecule has 2 rings (SSSR count). The van der Waals surface area contributed by atoms with Gasteiger partial charge in [-0.3, -0.25) is 14.6 Å². The van der Waals surface area contributed by atoms with Crippen LogP contribution in [0.3, 0.4) is 0 Å². The fourth-order valence-corrected chi connectivity index (χ4v) is 1.98. The van der Waals surface area contributed by atoms with Gasteiger partial charge in [0.2, 0.25) is 11.8 Å². The minimum absolute atomic E-state index is 0.0296. The lowest BCUT2D eigenvalue weighted by atomic mass is 10.2. The highest BCUT2D eigenvalue weighted by Crippen LogP contribution is 2.14. The highest BCUT2D eigenvalue weighted by molar-refractivity contribution is 5.94. The third-order valence-corrected chi connectivity index (χ3v) is 3.23. The minimum atomic E-state index is -0.317. The van der Waals surface area contributed by atoms with Crippen molar-refractivity contribution in [3.63, 3.8) is 0 Å². The number of nitrogens with one attached hydrogen (secondary N) is 2. The molecule has 2 N–H and O–H groups in total. The maximum atomic E-state index is 11.6. The van der Waals surface area contributed by atoms with Gasteiger partial charge in [-0.1, -0.05) is 18.2 Å². The number of carbonyl (C=O) groups excluding carboxylic acids is 2. The third kappa shape index (κ3) is 6.87. The fourth-order valence-electron chi connectivity index (χ4n) is 1.98. The maximum absolute atomic E-state index is 11.6. The quantitative estimate of drug-likeness (QED) is 0.720. The number of nitrogens with zero attached hydrogens (tertiary/aromatic N) is 1. The molecule has 1 aromatic heterocycles. The number of aromatic nitrogens is 1. The lowest BCUT2D eigenvalue weighted by molar-refractivity contribution is -0.123. The molecule has 6 heteroatoms. The fraction of sp³-hybridized carbons (Fsp3) is 0.211. The van der Waals surface area contributed by atoms with E-state index < -0.39 is 0 Å². The van der Waals surface area contributed by atoms with Crippen molar-refractivity contribution in [2.45, 2.75) is 13.5 Å². The number of carbonyl (C=O) groups is 2. The summed E-state index contributed by atoms with van der Waals surface area (Å²) in [5.41, 5.74) is 1.86. The third-order valence-electron chi connectivity index (χ3n) is 3.23. The predicted octanol–water partition coefficient (Wildman–Crippen LogP) is 1.93. The van der Waals surface area contributed by atoms with Gasteiger partial charge in [0.15, 0.2) is 0 Å². The molecule has 1 aromatic carbocycles. The van der Waals surface area contributed by atoms with Crippen molar-refractivity contribution in [2.75, 3.05) is 13.1 Å². The Morgan fingerprint density at radius 3 is 2.64 bits per heavy atom. The number of hydrogen-bond acceptors (Lipinski definition) is 4. The van der Waals surface area contributed by atoms with E-state index in [0.29, 0.717) is 13.2 Å². The van der Waals surface area contributed by atoms with Crippen LogP contribution >= 0.6 is 0 Å². The largest absolute Gasteiger partial charge is 0.489 e. The van der Waals surface area contributed by atoms with Crippen LogP contribution in [-0.4, -0.2) is 29.9 Å². The van der Waals surface area contributed by atoms with Crippen LogP contribution in [0.25, 0.3) is 6.08 Å². The van der Waals surface area contributed by atoms with Crippen molar-refractivity contribution < 1.29 is 14.3 Å². The summed E-state index contributed by atoms with van der Waals surface area (Å²) < 4.78 is 5.67. The zero-order valence-electron chi connectivity index (χ0n) is 14.1. The topological polar surface area (TPSA) is 80.3 Å². The summed E-state index contributed by atoms with van der Waals surface area (Å²) in [6.45, 7) is 2.78. The van der Waals surface area contributed by atoms with Gasteiger partial charge in [0.1, 0.15) is 12.4 Å². The number of benzene rings is 1. The smallest absolute Gasteiger partial charge is 0.244 e. The van der Waals surface area contributed by atoms with E-state index in [1.807, 2.05) is 43.3 Å². The molecule has 0 aliphatic rings. The molecule has 0 fully saturated rings. The molecule has 0 bridgehead atoms. The van der Waals surface area contributed by atoms with E-state index in [2.05, 4.69) is 15.6 Å². The number of ether oxygens (including phenoxy) is 1. The van der Waals surface area contributed by atoms with Crippen LogP contribution in [0.4, 0.5) is 0 Å². The van der Waals surface area contributed by atoms with Crippen molar-refractivity contribution in [2.24, 2.45) is 0 Å². The first-order chi connectivity index (χ1) is 12.2. The predicted molar refractivity (Wildman–Crippen MR) is 95.7 cm³/mol. The summed E-state index contributed by atoms with van der Waals surface area (Å²) in [5.74, 6) is 0.212. The summed E-state index contributed by atoms with van der Waals surface area (Å²) in [6.07, 6.45) is 6.55. The second kappa shape index (κ2) is 9.87. The summed E-state index contributed by atoms with van der Waals surface area (Å²) in [4.78, 5) is 26.9. The van der Waals surface area contributed by atoms with Crippen molar-refractivity contribution in [1.82, 2.24) is 15.6 Å². The summed E-state index contributed by atoms with van der Waals surface area (Å²) >= 11 is 0. The van der Waals surface area contributed by atoms with Gasteiger partial charge >= 0.3 is 0 Å². The Bertz CT molecular complexity index is 712. The number of pyridine rings is 1. The van der Waals surface area contributed by atoms with Crippen molar-refractivity contribution in [1.29, 1.82) is 0 Å². The Balaban J connectivity index is 1.79. The zero-order valence-corrected chi connectivity index (χ0v) is 14.1. The van der Waals surface area contributed by atoms with Crippen LogP contribution in [0, 0.1) is 0 Å². The Morgan fingerprint density at radius 1 is 1.16 bits per heavy atom. The van der Waals surface area contributed by atoms with E-state index in [9.17, 15) is 9.59 Å². The molecule has 2 amide bonds. The summed E-state index contributed by atoms with van der Waals surface area (Å²) in [7, 11) is 0. The molecular weight excluding hydrogens is 318 g/mol. The van der Waals surface area contributed by atoms with Gasteiger partial charge in [-0.2, -0.15) is 0 Å². The zero-order chi connectivity index (χ0) is 17.9. The molecule has 0 aliphatic carbocycles. The number of hydrogen-bond donors (Lipinski definition) is 2. The van der Waals surface area contributed by atoms with E-state index in [-0.39, 0.29) is 18.4 Å². The minimum Gasteiger partial charge on any atom is -0.489 e. The molecule has 1 heterocycles. The molecule has 2 aromatic rings. The Hall–Kier alpha value is -3.15. The molecule has 0 aliphatic heterocycles. The van der Waals surface area contributed by atoms with Crippen LogP contribution in [0.15, 0.2) is 54.9 Å². The van der Waals surface area contributed by atoms with E-state index in [4.69, 9.17) is 4.74 Å². The summed E-state index contributed by atoms with van der Waals surface area (Å²) in [6, 6.07) is 11.2. The number of amides is 2. The number of likely N-dealkylation sites (N-methyl/N-ethyl adjacent to an activating group) is 1. The van der Waals surface area contributed by atoms with Crippen LogP contribution in [-0.2, 0) is 16.2 Å². The molecular formula is C19H21N3O3. The normalized spacial score (nSPS) is 10.4. The molecule has 0 atom stereocenters. The van der Waals surface area contributed by atoms with Gasteiger partial charge in [0.05, 0.1) is 6.54 Å². The molecule has 0 radical (unpaired) electrons. The van der Waals surface area contributed by atoms with Gasteiger partial charge in [-0.05, 0) is 36.8 Å². The van der Waals surface area contributed by atoms with Crippen molar-refractivity contribution >= 4 is 17.9 Å². The first-order valence-corrected chi connectivity index (χ1v) is 8.01. The number of rotatable bonds is 8. The van der Waals surface area contributed by atoms with E-state index >= 15 is 0 Å². The maximum Gasteiger partial charge on any atom is 0.244 e. The molecule has 130 valence electrons. The van der Waals surface area contributed by atoms with Crippen LogP contribution in [0.2, 0.25) is 0 Å². The summed E-state index contributed by atoms with van der Waals surface area (Å²) in [5, 5.41) is 5.13. The monoisotopic (exact) mass is 339 g/mol. The molecule has 0 unspecified atom stereocenters. The average Bonchev–Trinajstić information content (AvgIpc) is 2.65. The van der Waals surface area contributed by atoms with E-state index in [1.165, 1.54) is 6.08 Å². The highest BCUT2D eigenvalue weighted by Gasteiger charge is 2.01. The first-order valence-electron chi connectivity index (χ1n) is 8.01. The van der Waals surface area contributed by atoms with Crippen LogP contribution < -0.4 is 15.4 Å². The standard InChI is InChI=1S/C19H21N3O3/c1-2-21-19(24)13-22-18(23)10-7-15-5-8-17(9-6-15)25-14-16-4-3-11-20-12-16/h3-12H,2,13-14H2,1H3,(H,21,24)(H,22,23)/b10-7+. The second-order valence-electron chi connectivity index (χ2n) is 5.22. The second-order valence-corrected chi connectivity index (χ2v) is 5.22. The van der Waals surface area contributed by atoms with E-state index in [1.54, 1.807) is 18.5 Å². The van der Waals surface area contributed by atoms with Gasteiger partial charge in [-0.15, -0.1) is 0 Å². The highest BCUT2D eigenvalue weighted by atomic mass is 16.5. The van der Waals surface area contributed by atoms with Crippen molar-refractivity contribution in [3.8, 4) is 5.75 Å². The van der Waals surface area contributed by atoms with Crippen molar-refractivity contribution in [3.05, 3.63) is 66.0 Å². The molecule has 6 nitrogen and oxygen atoms in total. The van der Waals surface area contributed by atoms with Gasteiger partial charge < -0.3 is 15.4 Å². The molecule has 0 saturated heterocycles. The molecule has 0 spiro atoms. The lowest BCUT2D eigenvalue weighted by Crippen LogP contribution is -2.35. The van der Waals surface area contributed by atoms with Crippen LogP contribution in [0.5, 0.6) is 5.75 Å². The van der Waals surface area contributed by atoms with Gasteiger partial charge in [0.25, 0.3) is 0 Å². The Labute approximate surface area is 146 Å². The Morgan fingerprint density at radius 2 is 1.96 bits per heavy atom. The van der Waals surface area contributed by atoms with Crippen LogP contribution in [0.1, 0.15) is 18.1 Å².